The van der Waals surface area contributed by atoms with Gasteiger partial charge in [0.1, 0.15) is 6.07 Å². The molecule has 2 rings (SSSR count). The smallest absolute Gasteiger partial charge is 0.101 e. The molecule has 1 heterocycles. The van der Waals surface area contributed by atoms with Gasteiger partial charge in [-0.1, -0.05) is 42.3 Å². The fraction of sp³-hybridized carbons (Fsp3) is 0.200. The summed E-state index contributed by atoms with van der Waals surface area (Å²) in [7, 11) is 0. The van der Waals surface area contributed by atoms with Crippen molar-refractivity contribution in [3.8, 4) is 17.2 Å². The molecule has 2 aromatic rings. The van der Waals surface area contributed by atoms with E-state index in [-0.39, 0.29) is 6.04 Å². The van der Waals surface area contributed by atoms with Crippen molar-refractivity contribution in [3.05, 3.63) is 52.6 Å². The van der Waals surface area contributed by atoms with Crippen LogP contribution in [0.25, 0.3) is 11.1 Å². The van der Waals surface area contributed by atoms with E-state index in [0.717, 1.165) is 11.1 Å². The summed E-state index contributed by atoms with van der Waals surface area (Å²) in [6, 6.07) is 7.86. The van der Waals surface area contributed by atoms with Gasteiger partial charge in [-0.15, -0.1) is 0 Å². The SMILES string of the molecule is C[CH]C(C)n1cc(C#N)c(-c2cccc(Cl)c2Cl)c1. The summed E-state index contributed by atoms with van der Waals surface area (Å²) < 4.78 is 1.99. The highest BCUT2D eigenvalue weighted by Gasteiger charge is 2.15. The van der Waals surface area contributed by atoms with Crippen LogP contribution in [-0.4, -0.2) is 4.57 Å². The topological polar surface area (TPSA) is 28.7 Å². The Hall–Kier alpha value is -1.43. The molecule has 0 fully saturated rings. The van der Waals surface area contributed by atoms with Crippen LogP contribution in [0.5, 0.6) is 0 Å². The zero-order valence-electron chi connectivity index (χ0n) is 10.7. The second-order valence-corrected chi connectivity index (χ2v) is 5.11. The van der Waals surface area contributed by atoms with Crippen molar-refractivity contribution in [2.24, 2.45) is 0 Å². The van der Waals surface area contributed by atoms with E-state index in [9.17, 15) is 5.26 Å². The van der Waals surface area contributed by atoms with Gasteiger partial charge in [0.2, 0.25) is 0 Å². The Morgan fingerprint density at radius 1 is 1.26 bits per heavy atom. The number of hydrogen-bond acceptors (Lipinski definition) is 1. The standard InChI is InChI=1S/C15H13Cl2N2/c1-3-10(2)19-8-11(7-18)13(9-19)12-5-4-6-14(16)15(12)17/h3-6,8-10H,1-2H3. The second-order valence-electron chi connectivity index (χ2n) is 4.32. The lowest BCUT2D eigenvalue weighted by molar-refractivity contribution is 0.624. The molecule has 1 radical (unpaired) electrons. The van der Waals surface area contributed by atoms with Crippen molar-refractivity contribution < 1.29 is 0 Å². The van der Waals surface area contributed by atoms with E-state index in [0.29, 0.717) is 15.6 Å². The van der Waals surface area contributed by atoms with Gasteiger partial charge in [0.05, 0.1) is 15.6 Å². The zero-order chi connectivity index (χ0) is 14.0. The number of rotatable bonds is 3. The van der Waals surface area contributed by atoms with Gasteiger partial charge in [0.15, 0.2) is 0 Å². The van der Waals surface area contributed by atoms with Gasteiger partial charge in [0.25, 0.3) is 0 Å². The predicted molar refractivity (Wildman–Crippen MR) is 79.3 cm³/mol. The molecule has 0 aliphatic heterocycles. The van der Waals surface area contributed by atoms with Crippen molar-refractivity contribution in [3.63, 3.8) is 0 Å². The molecule has 0 bridgehead atoms. The molecule has 4 heteroatoms. The zero-order valence-corrected chi connectivity index (χ0v) is 12.2. The number of halogens is 2. The summed E-state index contributed by atoms with van der Waals surface area (Å²) >= 11 is 12.2. The first-order chi connectivity index (χ1) is 9.08. The Labute approximate surface area is 123 Å². The van der Waals surface area contributed by atoms with E-state index in [1.54, 1.807) is 6.07 Å². The number of benzene rings is 1. The maximum Gasteiger partial charge on any atom is 0.101 e. The summed E-state index contributed by atoms with van der Waals surface area (Å²) in [4.78, 5) is 0. The van der Waals surface area contributed by atoms with Crippen molar-refractivity contribution in [2.75, 3.05) is 0 Å². The highest BCUT2D eigenvalue weighted by atomic mass is 35.5. The van der Waals surface area contributed by atoms with Crippen LogP contribution < -0.4 is 0 Å². The summed E-state index contributed by atoms with van der Waals surface area (Å²) in [5.74, 6) is 0. The minimum atomic E-state index is 0.221. The largest absolute Gasteiger partial charge is 0.349 e. The van der Waals surface area contributed by atoms with Crippen molar-refractivity contribution in [1.82, 2.24) is 4.57 Å². The fourth-order valence-corrected chi connectivity index (χ4v) is 2.30. The van der Waals surface area contributed by atoms with Crippen LogP contribution in [0.3, 0.4) is 0 Å². The summed E-state index contributed by atoms with van der Waals surface area (Å²) in [6.07, 6.45) is 5.82. The molecular weight excluding hydrogens is 279 g/mol. The average Bonchev–Trinajstić information content (AvgIpc) is 2.85. The quantitative estimate of drug-likeness (QED) is 0.772. The molecule has 0 N–H and O–H groups in total. The van der Waals surface area contributed by atoms with Crippen LogP contribution in [0, 0.1) is 17.8 Å². The molecule has 1 unspecified atom stereocenters. The Morgan fingerprint density at radius 3 is 2.63 bits per heavy atom. The van der Waals surface area contributed by atoms with Crippen LogP contribution in [0.2, 0.25) is 10.0 Å². The average molecular weight is 292 g/mol. The third-order valence-electron chi connectivity index (χ3n) is 3.16. The number of nitriles is 1. The third kappa shape index (κ3) is 2.63. The lowest BCUT2D eigenvalue weighted by Gasteiger charge is -2.09. The highest BCUT2D eigenvalue weighted by molar-refractivity contribution is 6.43. The van der Waals surface area contributed by atoms with Crippen LogP contribution in [0.1, 0.15) is 25.5 Å². The van der Waals surface area contributed by atoms with E-state index in [2.05, 4.69) is 19.4 Å². The van der Waals surface area contributed by atoms with Crippen molar-refractivity contribution >= 4 is 23.2 Å². The third-order valence-corrected chi connectivity index (χ3v) is 3.98. The maximum absolute atomic E-state index is 9.26. The minimum Gasteiger partial charge on any atom is -0.349 e. The molecule has 97 valence electrons. The maximum atomic E-state index is 9.26. The van der Waals surface area contributed by atoms with Gasteiger partial charge in [-0.05, 0) is 19.4 Å². The normalized spacial score (nSPS) is 12.2. The van der Waals surface area contributed by atoms with Gasteiger partial charge < -0.3 is 4.57 Å². The fourth-order valence-electron chi connectivity index (χ4n) is 1.90. The molecule has 0 saturated carbocycles. The molecule has 0 spiro atoms. The van der Waals surface area contributed by atoms with Crippen molar-refractivity contribution in [2.45, 2.75) is 19.9 Å². The molecule has 1 aromatic carbocycles. The molecule has 0 saturated heterocycles. The van der Waals surface area contributed by atoms with Gasteiger partial charge in [-0.3, -0.25) is 0 Å². The van der Waals surface area contributed by atoms with Crippen molar-refractivity contribution in [1.29, 1.82) is 5.26 Å². The van der Waals surface area contributed by atoms with Gasteiger partial charge in [-0.25, -0.2) is 0 Å². The molecule has 0 aliphatic carbocycles. The summed E-state index contributed by atoms with van der Waals surface area (Å²) in [5, 5.41) is 10.2. The van der Waals surface area contributed by atoms with E-state index < -0.39 is 0 Å². The molecule has 0 amide bonds. The Morgan fingerprint density at radius 2 is 2.00 bits per heavy atom. The van der Waals surface area contributed by atoms with Crippen LogP contribution in [-0.2, 0) is 0 Å². The second kappa shape index (κ2) is 5.69. The summed E-state index contributed by atoms with van der Waals surface area (Å²) in [5.41, 5.74) is 2.19. The van der Waals surface area contributed by atoms with Gasteiger partial charge in [0, 0.05) is 29.6 Å². The van der Waals surface area contributed by atoms with Crippen LogP contribution in [0.4, 0.5) is 0 Å². The van der Waals surface area contributed by atoms with E-state index >= 15 is 0 Å². The molecule has 2 nitrogen and oxygen atoms in total. The lowest BCUT2D eigenvalue weighted by atomic mass is 10.1. The molecule has 1 aromatic heterocycles. The molecular formula is C15H13Cl2N2. The first kappa shape index (κ1) is 14.0. The van der Waals surface area contributed by atoms with Crippen LogP contribution >= 0.6 is 23.2 Å². The van der Waals surface area contributed by atoms with Gasteiger partial charge in [-0.2, -0.15) is 5.26 Å². The highest BCUT2D eigenvalue weighted by Crippen LogP contribution is 2.36. The Kier molecular flexibility index (Phi) is 4.19. The van der Waals surface area contributed by atoms with Crippen LogP contribution in [0.15, 0.2) is 30.6 Å². The Balaban J connectivity index is 2.59. The first-order valence-electron chi connectivity index (χ1n) is 5.94. The monoisotopic (exact) mass is 291 g/mol. The summed E-state index contributed by atoms with van der Waals surface area (Å²) in [6.45, 7) is 4.05. The lowest BCUT2D eigenvalue weighted by Crippen LogP contribution is -2.00. The predicted octanol–water partition coefficient (Wildman–Crippen LogP) is 5.12. The van der Waals surface area contributed by atoms with Gasteiger partial charge >= 0.3 is 0 Å². The molecule has 19 heavy (non-hydrogen) atoms. The van der Waals surface area contributed by atoms with E-state index in [4.69, 9.17) is 23.2 Å². The first-order valence-corrected chi connectivity index (χ1v) is 6.69. The molecule has 1 atom stereocenters. The molecule has 0 aliphatic rings. The minimum absolute atomic E-state index is 0.221. The number of aromatic nitrogens is 1. The number of hydrogen-bond donors (Lipinski definition) is 0. The Bertz CT molecular complexity index is 638. The number of nitrogens with zero attached hydrogens (tertiary/aromatic N) is 2. The van der Waals surface area contributed by atoms with E-state index in [1.807, 2.05) is 36.0 Å². The van der Waals surface area contributed by atoms with E-state index in [1.165, 1.54) is 0 Å².